The molecule has 0 spiro atoms. The summed E-state index contributed by atoms with van der Waals surface area (Å²) in [6.07, 6.45) is 0.564. The molecule has 10 heteroatoms. The first kappa shape index (κ1) is 21.9. The number of fused-ring (bicyclic) bond motifs is 2. The summed E-state index contributed by atoms with van der Waals surface area (Å²) in [5.41, 5.74) is 2.39. The van der Waals surface area contributed by atoms with Crippen molar-refractivity contribution in [1.29, 1.82) is 0 Å². The monoisotopic (exact) mass is 479 g/mol. The summed E-state index contributed by atoms with van der Waals surface area (Å²) in [6.45, 7) is 1.43. The smallest absolute Gasteiger partial charge is 0.268 e. The molecule has 1 aromatic carbocycles. The predicted octanol–water partition coefficient (Wildman–Crippen LogP) is 2.87. The van der Waals surface area contributed by atoms with Crippen LogP contribution in [-0.2, 0) is 21.1 Å². The van der Waals surface area contributed by atoms with Crippen LogP contribution >= 0.6 is 22.9 Å². The quantitative estimate of drug-likeness (QED) is 0.484. The summed E-state index contributed by atoms with van der Waals surface area (Å²) >= 11 is 7.36. The number of carbonyl (C=O) groups is 2. The van der Waals surface area contributed by atoms with Gasteiger partial charge in [-0.2, -0.15) is 0 Å². The minimum absolute atomic E-state index is 0.0742. The molecule has 2 atom stereocenters. The molecule has 0 bridgehead atoms. The second-order valence-electron chi connectivity index (χ2n) is 7.70. The highest BCUT2D eigenvalue weighted by molar-refractivity contribution is 7.91. The second-order valence-corrected chi connectivity index (χ2v) is 11.6. The molecule has 0 fully saturated rings. The number of rotatable bonds is 7. The minimum Gasteiger partial charge on any atom is -0.355 e. The van der Waals surface area contributed by atoms with Gasteiger partial charge in [0.05, 0.1) is 15.8 Å². The van der Waals surface area contributed by atoms with Crippen LogP contribution in [0.25, 0.3) is 10.2 Å². The molecular weight excluding hydrogens is 458 g/mol. The Morgan fingerprint density at radius 3 is 2.77 bits per heavy atom. The number of aromatic nitrogens is 1. The summed E-state index contributed by atoms with van der Waals surface area (Å²) in [5.74, 6) is -1.13. The van der Waals surface area contributed by atoms with Gasteiger partial charge in [-0.1, -0.05) is 35.9 Å². The van der Waals surface area contributed by atoms with E-state index in [-0.39, 0.29) is 41.8 Å². The molecule has 0 saturated heterocycles. The fraction of sp³-hybridized carbons (Fsp3) is 0.333. The van der Waals surface area contributed by atoms with Crippen molar-refractivity contribution in [2.75, 3.05) is 18.1 Å². The summed E-state index contributed by atoms with van der Waals surface area (Å²) in [5, 5.41) is 6.41. The maximum atomic E-state index is 12.9. The standard InChI is InChI=1S/C21H22ClN3O4S2/c1-12(26)23-6-7-31(28,29)11-16-15-5-3-2-4-13(15)8-17(16)24-20(27)18-9-14-10-19(22)30-21(14)25-18/h2-5,9-10,16-17,25H,6-8,11H2,1H3,(H,23,26)(H,24,27)/t16-,17+/m0/s1. The van der Waals surface area contributed by atoms with E-state index >= 15 is 0 Å². The minimum atomic E-state index is -3.44. The predicted molar refractivity (Wildman–Crippen MR) is 123 cm³/mol. The van der Waals surface area contributed by atoms with Gasteiger partial charge in [-0.05, 0) is 29.7 Å². The van der Waals surface area contributed by atoms with Gasteiger partial charge in [0.25, 0.3) is 5.91 Å². The molecule has 0 unspecified atom stereocenters. The number of aromatic amines is 1. The average Bonchev–Trinajstić information content (AvgIpc) is 3.33. The molecular formula is C21H22ClN3O4S2. The van der Waals surface area contributed by atoms with E-state index in [9.17, 15) is 18.0 Å². The number of sulfone groups is 1. The Bertz CT molecular complexity index is 1220. The maximum absolute atomic E-state index is 12.9. The first-order valence-electron chi connectivity index (χ1n) is 9.83. The van der Waals surface area contributed by atoms with Crippen molar-refractivity contribution in [3.05, 3.63) is 57.6 Å². The Morgan fingerprint density at radius 2 is 2.03 bits per heavy atom. The maximum Gasteiger partial charge on any atom is 0.268 e. The third-order valence-electron chi connectivity index (χ3n) is 5.44. The van der Waals surface area contributed by atoms with E-state index in [0.717, 1.165) is 21.3 Å². The van der Waals surface area contributed by atoms with E-state index in [4.69, 9.17) is 11.6 Å². The van der Waals surface area contributed by atoms with Gasteiger partial charge in [0, 0.05) is 30.8 Å². The Morgan fingerprint density at radius 1 is 1.26 bits per heavy atom. The van der Waals surface area contributed by atoms with Gasteiger partial charge in [0.15, 0.2) is 9.84 Å². The number of benzene rings is 1. The number of hydrogen-bond acceptors (Lipinski definition) is 5. The lowest BCUT2D eigenvalue weighted by molar-refractivity contribution is -0.118. The summed E-state index contributed by atoms with van der Waals surface area (Å²) in [6, 6.07) is 10.9. The molecule has 3 aromatic rings. The van der Waals surface area contributed by atoms with E-state index in [1.165, 1.54) is 18.3 Å². The molecule has 3 N–H and O–H groups in total. The number of hydrogen-bond donors (Lipinski definition) is 3. The third-order valence-corrected chi connectivity index (χ3v) is 8.33. The molecule has 0 aliphatic heterocycles. The fourth-order valence-corrected chi connectivity index (χ4v) is 6.70. The number of carbonyl (C=O) groups excluding carboxylic acids is 2. The highest BCUT2D eigenvalue weighted by Crippen LogP contribution is 2.35. The zero-order chi connectivity index (χ0) is 22.2. The lowest BCUT2D eigenvalue weighted by atomic mass is 10.0. The molecule has 2 amide bonds. The van der Waals surface area contributed by atoms with Crippen molar-refractivity contribution in [2.45, 2.75) is 25.3 Å². The third kappa shape index (κ3) is 4.94. The molecule has 0 saturated carbocycles. The second kappa shape index (κ2) is 8.64. The van der Waals surface area contributed by atoms with Crippen molar-refractivity contribution in [3.63, 3.8) is 0 Å². The van der Waals surface area contributed by atoms with Gasteiger partial charge in [0.1, 0.15) is 10.5 Å². The molecule has 1 aliphatic rings. The topological polar surface area (TPSA) is 108 Å². The molecule has 0 radical (unpaired) electrons. The molecule has 31 heavy (non-hydrogen) atoms. The van der Waals surface area contributed by atoms with Crippen molar-refractivity contribution in [1.82, 2.24) is 15.6 Å². The SMILES string of the molecule is CC(=O)NCCS(=O)(=O)C[C@H]1c2ccccc2C[C@H]1NC(=O)c1cc2cc(Cl)sc2[nH]1. The Hall–Kier alpha value is -2.36. The van der Waals surface area contributed by atoms with Crippen LogP contribution in [0.1, 0.15) is 34.5 Å². The van der Waals surface area contributed by atoms with Gasteiger partial charge >= 0.3 is 0 Å². The van der Waals surface area contributed by atoms with Gasteiger partial charge in [0.2, 0.25) is 5.91 Å². The van der Waals surface area contributed by atoms with Crippen LogP contribution in [0.3, 0.4) is 0 Å². The first-order valence-corrected chi connectivity index (χ1v) is 12.8. The van der Waals surface area contributed by atoms with Crippen molar-refractivity contribution < 1.29 is 18.0 Å². The van der Waals surface area contributed by atoms with Crippen molar-refractivity contribution in [3.8, 4) is 0 Å². The molecule has 164 valence electrons. The zero-order valence-corrected chi connectivity index (χ0v) is 19.2. The number of halogens is 1. The van der Waals surface area contributed by atoms with Gasteiger partial charge < -0.3 is 15.6 Å². The first-order chi connectivity index (χ1) is 14.7. The number of amides is 2. The van der Waals surface area contributed by atoms with Crippen LogP contribution in [0.15, 0.2) is 36.4 Å². The van der Waals surface area contributed by atoms with Gasteiger partial charge in [-0.3, -0.25) is 9.59 Å². The zero-order valence-electron chi connectivity index (χ0n) is 16.8. The molecule has 2 heterocycles. The van der Waals surface area contributed by atoms with Crippen LogP contribution in [0.5, 0.6) is 0 Å². The van der Waals surface area contributed by atoms with Gasteiger partial charge in [-0.15, -0.1) is 11.3 Å². The van der Waals surface area contributed by atoms with Gasteiger partial charge in [-0.25, -0.2) is 8.42 Å². The van der Waals surface area contributed by atoms with Crippen LogP contribution in [0, 0.1) is 0 Å². The number of H-pyrrole nitrogens is 1. The van der Waals surface area contributed by atoms with Crippen LogP contribution < -0.4 is 10.6 Å². The number of nitrogens with one attached hydrogen (secondary N) is 3. The van der Waals surface area contributed by atoms with Crippen LogP contribution in [-0.4, -0.2) is 49.3 Å². The summed E-state index contributed by atoms with van der Waals surface area (Å²) in [4.78, 5) is 27.8. The normalized spacial score (nSPS) is 18.1. The lowest BCUT2D eigenvalue weighted by Crippen LogP contribution is -2.40. The Balaban J connectivity index is 1.52. The molecule has 7 nitrogen and oxygen atoms in total. The van der Waals surface area contributed by atoms with E-state index in [2.05, 4.69) is 15.6 Å². The van der Waals surface area contributed by atoms with Crippen molar-refractivity contribution >= 4 is 54.8 Å². The molecule has 1 aliphatic carbocycles. The largest absolute Gasteiger partial charge is 0.355 e. The summed E-state index contributed by atoms with van der Waals surface area (Å²) < 4.78 is 26.1. The summed E-state index contributed by atoms with van der Waals surface area (Å²) in [7, 11) is -3.44. The highest BCUT2D eigenvalue weighted by atomic mass is 35.5. The Labute approximate surface area is 189 Å². The van der Waals surface area contributed by atoms with E-state index in [1.54, 1.807) is 12.1 Å². The number of thiophene rings is 1. The van der Waals surface area contributed by atoms with E-state index < -0.39 is 9.84 Å². The lowest BCUT2D eigenvalue weighted by Gasteiger charge is -2.22. The fourth-order valence-electron chi connectivity index (χ4n) is 4.04. The average molecular weight is 480 g/mol. The van der Waals surface area contributed by atoms with E-state index in [1.807, 2.05) is 24.3 Å². The molecule has 4 rings (SSSR count). The molecule has 2 aromatic heterocycles. The van der Waals surface area contributed by atoms with Crippen molar-refractivity contribution in [2.24, 2.45) is 0 Å². The Kier molecular flexibility index (Phi) is 6.09. The van der Waals surface area contributed by atoms with Crippen LogP contribution in [0.2, 0.25) is 4.34 Å². The highest BCUT2D eigenvalue weighted by Gasteiger charge is 2.36. The van der Waals surface area contributed by atoms with Crippen LogP contribution in [0.4, 0.5) is 0 Å². The van der Waals surface area contributed by atoms with E-state index in [0.29, 0.717) is 16.5 Å².